The number of hydrogen-bond acceptors (Lipinski definition) is 4. The summed E-state index contributed by atoms with van der Waals surface area (Å²) in [7, 11) is 0. The molecular weight excluding hydrogens is 256 g/mol. The first-order chi connectivity index (χ1) is 9.43. The van der Waals surface area contributed by atoms with Crippen molar-refractivity contribution in [1.82, 2.24) is 14.8 Å². The Morgan fingerprint density at radius 3 is 1.95 bits per heavy atom. The second-order valence-electron chi connectivity index (χ2n) is 5.14. The summed E-state index contributed by atoms with van der Waals surface area (Å²) in [6.07, 6.45) is 1.62. The van der Waals surface area contributed by atoms with E-state index in [1.165, 1.54) is 9.80 Å². The van der Waals surface area contributed by atoms with Crippen molar-refractivity contribution in [3.05, 3.63) is 24.4 Å². The lowest BCUT2D eigenvalue weighted by Gasteiger charge is -2.25. The zero-order valence-electron chi connectivity index (χ0n) is 12.1. The number of aromatic nitrogens is 1. The molecule has 1 fully saturated rings. The van der Waals surface area contributed by atoms with Gasteiger partial charge in [0.05, 0.1) is 0 Å². The van der Waals surface area contributed by atoms with Crippen molar-refractivity contribution in [3.63, 3.8) is 0 Å². The fraction of sp³-hybridized carbons (Fsp3) is 0.429. The summed E-state index contributed by atoms with van der Waals surface area (Å²) in [6, 6.07) is 5.05. The lowest BCUT2D eigenvalue weighted by atomic mass is 10.3. The average molecular weight is 274 g/mol. The van der Waals surface area contributed by atoms with E-state index in [0.717, 1.165) is 0 Å². The van der Waals surface area contributed by atoms with Crippen LogP contribution in [-0.2, 0) is 9.59 Å². The monoisotopic (exact) mass is 274 g/mol. The van der Waals surface area contributed by atoms with E-state index in [0.29, 0.717) is 11.8 Å². The molecule has 1 aromatic heterocycles. The summed E-state index contributed by atoms with van der Waals surface area (Å²) in [5, 5.41) is 0. The normalized spacial score (nSPS) is 15.8. The molecule has 6 heteroatoms. The van der Waals surface area contributed by atoms with Gasteiger partial charge in [-0.3, -0.25) is 19.4 Å². The minimum absolute atomic E-state index is 0.141. The lowest BCUT2D eigenvalue weighted by Crippen LogP contribution is -2.41. The molecule has 1 aliphatic rings. The Bertz CT molecular complexity index is 524. The van der Waals surface area contributed by atoms with Crippen LogP contribution < -0.4 is 0 Å². The molecule has 0 spiro atoms. The summed E-state index contributed by atoms with van der Waals surface area (Å²) in [6.45, 7) is 7.40. The second kappa shape index (κ2) is 5.40. The largest absolute Gasteiger partial charge is 0.319 e. The predicted octanol–water partition coefficient (Wildman–Crippen LogP) is 1.56. The molecule has 0 saturated carbocycles. The number of rotatable bonds is 3. The molecule has 2 rings (SSSR count). The standard InChI is InChI=1S/C14H18N4O2/c1-9(2)17-12(19)13(20)18(10(3)4)14(17)16-11-7-5-6-8-15-11/h5-10H,1-4H3. The Balaban J connectivity index is 2.51. The third-order valence-electron chi connectivity index (χ3n) is 2.95. The molecule has 20 heavy (non-hydrogen) atoms. The average Bonchev–Trinajstić information content (AvgIpc) is 2.62. The molecule has 1 aliphatic heterocycles. The Morgan fingerprint density at radius 2 is 1.55 bits per heavy atom. The summed E-state index contributed by atoms with van der Waals surface area (Å²) in [5.74, 6) is -0.253. The molecule has 1 aromatic rings. The molecule has 0 bridgehead atoms. The van der Waals surface area contributed by atoms with Gasteiger partial charge in [0.25, 0.3) is 0 Å². The highest BCUT2D eigenvalue weighted by molar-refractivity contribution is 6.45. The highest BCUT2D eigenvalue weighted by Gasteiger charge is 2.45. The van der Waals surface area contributed by atoms with Crippen molar-refractivity contribution in [2.24, 2.45) is 4.99 Å². The van der Waals surface area contributed by atoms with Crippen molar-refractivity contribution in [3.8, 4) is 0 Å². The van der Waals surface area contributed by atoms with Crippen LogP contribution in [0.2, 0.25) is 0 Å². The van der Waals surface area contributed by atoms with E-state index in [-0.39, 0.29) is 12.1 Å². The zero-order valence-corrected chi connectivity index (χ0v) is 12.1. The minimum Gasteiger partial charge on any atom is -0.271 e. The van der Waals surface area contributed by atoms with Crippen LogP contribution in [0, 0.1) is 0 Å². The van der Waals surface area contributed by atoms with Crippen molar-refractivity contribution in [2.45, 2.75) is 39.8 Å². The number of carbonyl (C=O) groups excluding carboxylic acids is 2. The summed E-state index contributed by atoms with van der Waals surface area (Å²) in [5.41, 5.74) is 0. The Kier molecular flexibility index (Phi) is 3.83. The van der Waals surface area contributed by atoms with Gasteiger partial charge < -0.3 is 0 Å². The van der Waals surface area contributed by atoms with Crippen LogP contribution in [0.3, 0.4) is 0 Å². The van der Waals surface area contributed by atoms with Crippen LogP contribution in [0.25, 0.3) is 0 Å². The van der Waals surface area contributed by atoms with E-state index in [1.807, 2.05) is 33.8 Å². The van der Waals surface area contributed by atoms with Gasteiger partial charge >= 0.3 is 11.8 Å². The molecule has 0 atom stereocenters. The predicted molar refractivity (Wildman–Crippen MR) is 75.3 cm³/mol. The van der Waals surface area contributed by atoms with Gasteiger partial charge in [-0.2, -0.15) is 4.99 Å². The van der Waals surface area contributed by atoms with E-state index in [2.05, 4.69) is 9.98 Å². The van der Waals surface area contributed by atoms with Crippen LogP contribution in [0.5, 0.6) is 0 Å². The summed E-state index contributed by atoms with van der Waals surface area (Å²) < 4.78 is 0. The molecular formula is C14H18N4O2. The third kappa shape index (κ3) is 2.41. The van der Waals surface area contributed by atoms with Gasteiger partial charge in [0.15, 0.2) is 5.82 Å². The molecule has 106 valence electrons. The maximum absolute atomic E-state index is 12.1. The highest BCUT2D eigenvalue weighted by Crippen LogP contribution is 2.21. The maximum atomic E-state index is 12.1. The lowest BCUT2D eigenvalue weighted by molar-refractivity contribution is -0.144. The Morgan fingerprint density at radius 1 is 1.00 bits per heavy atom. The number of hydrogen-bond donors (Lipinski definition) is 0. The van der Waals surface area contributed by atoms with E-state index >= 15 is 0 Å². The molecule has 0 radical (unpaired) electrons. The Hall–Kier alpha value is -2.24. The van der Waals surface area contributed by atoms with Crippen molar-refractivity contribution in [1.29, 1.82) is 0 Å². The van der Waals surface area contributed by atoms with Crippen LogP contribution in [0.4, 0.5) is 5.82 Å². The number of nitrogens with zero attached hydrogens (tertiary/aromatic N) is 4. The topological polar surface area (TPSA) is 65.9 Å². The molecule has 1 saturated heterocycles. The highest BCUT2D eigenvalue weighted by atomic mass is 16.2. The van der Waals surface area contributed by atoms with Gasteiger partial charge in [-0.15, -0.1) is 0 Å². The molecule has 2 amide bonds. The number of carbonyl (C=O) groups is 2. The van der Waals surface area contributed by atoms with Crippen LogP contribution >= 0.6 is 0 Å². The quantitative estimate of drug-likeness (QED) is 0.786. The van der Waals surface area contributed by atoms with Gasteiger partial charge in [0.2, 0.25) is 5.96 Å². The zero-order chi connectivity index (χ0) is 14.9. The van der Waals surface area contributed by atoms with Crippen molar-refractivity contribution >= 4 is 23.6 Å². The molecule has 0 unspecified atom stereocenters. The first-order valence-corrected chi connectivity index (χ1v) is 6.60. The van der Waals surface area contributed by atoms with E-state index < -0.39 is 11.8 Å². The number of amides is 2. The number of guanidine groups is 1. The van der Waals surface area contributed by atoms with E-state index in [1.54, 1.807) is 18.3 Å². The SMILES string of the molecule is CC(C)N1C(=O)C(=O)N(C(C)C)C1=Nc1ccccn1. The van der Waals surface area contributed by atoms with Crippen LogP contribution in [-0.4, -0.2) is 44.6 Å². The third-order valence-corrected chi connectivity index (χ3v) is 2.95. The maximum Gasteiger partial charge on any atom is 0.319 e. The van der Waals surface area contributed by atoms with Crippen molar-refractivity contribution < 1.29 is 9.59 Å². The fourth-order valence-electron chi connectivity index (χ4n) is 2.06. The van der Waals surface area contributed by atoms with Crippen LogP contribution in [0.15, 0.2) is 29.4 Å². The van der Waals surface area contributed by atoms with Gasteiger partial charge in [0, 0.05) is 18.3 Å². The van der Waals surface area contributed by atoms with Gasteiger partial charge in [0.1, 0.15) is 0 Å². The molecule has 6 nitrogen and oxygen atoms in total. The minimum atomic E-state index is -0.539. The van der Waals surface area contributed by atoms with Gasteiger partial charge in [-0.1, -0.05) is 6.07 Å². The summed E-state index contributed by atoms with van der Waals surface area (Å²) in [4.78, 5) is 35.5. The van der Waals surface area contributed by atoms with Crippen molar-refractivity contribution in [2.75, 3.05) is 0 Å². The molecule has 0 aromatic carbocycles. The Labute approximate surface area is 118 Å². The molecule has 2 heterocycles. The summed E-state index contributed by atoms with van der Waals surface area (Å²) >= 11 is 0. The smallest absolute Gasteiger partial charge is 0.271 e. The van der Waals surface area contributed by atoms with Gasteiger partial charge in [-0.25, -0.2) is 4.98 Å². The van der Waals surface area contributed by atoms with E-state index in [4.69, 9.17) is 0 Å². The second-order valence-corrected chi connectivity index (χ2v) is 5.14. The molecule has 0 aliphatic carbocycles. The van der Waals surface area contributed by atoms with E-state index in [9.17, 15) is 9.59 Å². The van der Waals surface area contributed by atoms with Gasteiger partial charge in [-0.05, 0) is 39.8 Å². The van der Waals surface area contributed by atoms with Crippen LogP contribution in [0.1, 0.15) is 27.7 Å². The fourth-order valence-corrected chi connectivity index (χ4v) is 2.06. The first-order valence-electron chi connectivity index (χ1n) is 6.60. The first kappa shape index (κ1) is 14.2. The number of aliphatic imine (C=N–C) groups is 1. The molecule has 0 N–H and O–H groups in total. The number of pyridine rings is 1.